The van der Waals surface area contributed by atoms with Crippen molar-refractivity contribution in [3.05, 3.63) is 42.0 Å². The summed E-state index contributed by atoms with van der Waals surface area (Å²) in [7, 11) is 0. The van der Waals surface area contributed by atoms with Gasteiger partial charge < -0.3 is 15.2 Å². The van der Waals surface area contributed by atoms with E-state index in [2.05, 4.69) is 13.0 Å². The van der Waals surface area contributed by atoms with Crippen LogP contribution >= 0.6 is 0 Å². The van der Waals surface area contributed by atoms with Crippen LogP contribution in [0.5, 0.6) is 11.5 Å². The molecular weight excluding hydrogens is 226 g/mol. The van der Waals surface area contributed by atoms with Crippen molar-refractivity contribution in [1.82, 2.24) is 0 Å². The van der Waals surface area contributed by atoms with Gasteiger partial charge in [-0.15, -0.1) is 0 Å². The van der Waals surface area contributed by atoms with E-state index in [0.717, 1.165) is 34.7 Å². The van der Waals surface area contributed by atoms with E-state index in [1.165, 1.54) is 5.56 Å². The molecule has 0 aliphatic carbocycles. The van der Waals surface area contributed by atoms with Crippen LogP contribution in [0.3, 0.4) is 0 Å². The second-order valence-electron chi connectivity index (χ2n) is 4.34. The summed E-state index contributed by atoms with van der Waals surface area (Å²) >= 11 is 0. The maximum atomic E-state index is 5.92. The molecule has 0 atom stereocenters. The predicted octanol–water partition coefficient (Wildman–Crippen LogP) is 3.23. The molecule has 0 unspecified atom stereocenters. The lowest BCUT2D eigenvalue weighted by molar-refractivity contribution is 0.174. The fourth-order valence-corrected chi connectivity index (χ4v) is 2.17. The van der Waals surface area contributed by atoms with E-state index < -0.39 is 0 Å². The van der Waals surface area contributed by atoms with Crippen molar-refractivity contribution in [1.29, 1.82) is 0 Å². The van der Waals surface area contributed by atoms with Crippen molar-refractivity contribution in [2.24, 2.45) is 0 Å². The van der Waals surface area contributed by atoms with Gasteiger partial charge in [-0.1, -0.05) is 19.1 Å². The van der Waals surface area contributed by atoms with Crippen LogP contribution in [0.1, 0.15) is 12.5 Å². The van der Waals surface area contributed by atoms with Gasteiger partial charge in [0.1, 0.15) is 0 Å². The number of hydrogen-bond donors (Lipinski definition) is 1. The van der Waals surface area contributed by atoms with E-state index >= 15 is 0 Å². The minimum atomic E-state index is 0.306. The van der Waals surface area contributed by atoms with Crippen LogP contribution in [0.4, 0.5) is 5.69 Å². The van der Waals surface area contributed by atoms with Crippen molar-refractivity contribution in [2.75, 3.05) is 12.5 Å². The van der Waals surface area contributed by atoms with E-state index in [1.807, 2.05) is 30.3 Å². The Hall–Kier alpha value is -2.16. The summed E-state index contributed by atoms with van der Waals surface area (Å²) in [5, 5.41) is 0. The Kier molecular flexibility index (Phi) is 2.59. The number of fused-ring (bicyclic) bond motifs is 1. The Morgan fingerprint density at radius 2 is 1.72 bits per heavy atom. The van der Waals surface area contributed by atoms with Gasteiger partial charge in [0.25, 0.3) is 0 Å². The highest BCUT2D eigenvalue weighted by Gasteiger charge is 2.14. The van der Waals surface area contributed by atoms with Crippen molar-refractivity contribution >= 4 is 5.69 Å². The van der Waals surface area contributed by atoms with Gasteiger partial charge in [0.15, 0.2) is 11.5 Å². The Morgan fingerprint density at radius 1 is 1.00 bits per heavy atom. The normalized spacial score (nSPS) is 12.7. The molecule has 1 heterocycles. The van der Waals surface area contributed by atoms with E-state index in [4.69, 9.17) is 15.2 Å². The fraction of sp³-hybridized carbons (Fsp3) is 0.200. The molecule has 0 saturated heterocycles. The van der Waals surface area contributed by atoms with E-state index in [0.29, 0.717) is 6.79 Å². The summed E-state index contributed by atoms with van der Waals surface area (Å²) in [5.74, 6) is 1.62. The van der Waals surface area contributed by atoms with Gasteiger partial charge in [-0.05, 0) is 47.4 Å². The number of benzene rings is 2. The molecule has 2 aromatic rings. The molecule has 0 radical (unpaired) electrons. The number of nitrogen functional groups attached to an aromatic ring is 1. The number of rotatable bonds is 2. The largest absolute Gasteiger partial charge is 0.454 e. The first-order chi connectivity index (χ1) is 8.78. The van der Waals surface area contributed by atoms with Gasteiger partial charge in [0.2, 0.25) is 6.79 Å². The molecule has 0 saturated carbocycles. The maximum Gasteiger partial charge on any atom is 0.231 e. The fourth-order valence-electron chi connectivity index (χ4n) is 2.17. The maximum absolute atomic E-state index is 5.92. The van der Waals surface area contributed by atoms with Gasteiger partial charge in [0, 0.05) is 5.69 Å². The lowest BCUT2D eigenvalue weighted by Gasteiger charge is -2.08. The molecule has 0 spiro atoms. The van der Waals surface area contributed by atoms with E-state index in [-0.39, 0.29) is 0 Å². The topological polar surface area (TPSA) is 44.5 Å². The monoisotopic (exact) mass is 241 g/mol. The predicted molar refractivity (Wildman–Crippen MR) is 71.8 cm³/mol. The molecule has 2 N–H and O–H groups in total. The lowest BCUT2D eigenvalue weighted by Crippen LogP contribution is -1.93. The zero-order valence-electron chi connectivity index (χ0n) is 10.3. The first kappa shape index (κ1) is 11.0. The zero-order chi connectivity index (χ0) is 12.5. The average molecular weight is 241 g/mol. The number of anilines is 1. The van der Waals surface area contributed by atoms with Crippen LogP contribution in [0.25, 0.3) is 11.1 Å². The second-order valence-corrected chi connectivity index (χ2v) is 4.34. The first-order valence-electron chi connectivity index (χ1n) is 6.06. The van der Waals surface area contributed by atoms with Crippen LogP contribution < -0.4 is 15.2 Å². The summed E-state index contributed by atoms with van der Waals surface area (Å²) in [4.78, 5) is 0. The van der Waals surface area contributed by atoms with E-state index in [1.54, 1.807) is 0 Å². The average Bonchev–Trinajstić information content (AvgIpc) is 2.86. The zero-order valence-corrected chi connectivity index (χ0v) is 10.3. The third kappa shape index (κ3) is 1.78. The summed E-state index contributed by atoms with van der Waals surface area (Å²) in [6.45, 7) is 2.41. The molecule has 0 fully saturated rings. The van der Waals surface area contributed by atoms with E-state index in [9.17, 15) is 0 Å². The molecule has 92 valence electrons. The summed E-state index contributed by atoms with van der Waals surface area (Å²) in [6, 6.07) is 12.1. The molecule has 1 aliphatic rings. The van der Waals surface area contributed by atoms with Gasteiger partial charge in [-0.25, -0.2) is 0 Å². The number of ether oxygens (including phenoxy) is 2. The Balaban J connectivity index is 2.04. The highest BCUT2D eigenvalue weighted by atomic mass is 16.7. The SMILES string of the molecule is CCc1cc(-c2ccc3c(c2)OCO3)ccc1N. The molecule has 3 rings (SSSR count). The molecule has 0 amide bonds. The number of nitrogens with two attached hydrogens (primary N) is 1. The van der Waals surface area contributed by atoms with Gasteiger partial charge >= 0.3 is 0 Å². The van der Waals surface area contributed by atoms with Gasteiger partial charge in [0.05, 0.1) is 0 Å². The molecule has 0 bridgehead atoms. The summed E-state index contributed by atoms with van der Waals surface area (Å²) in [5.41, 5.74) is 10.2. The summed E-state index contributed by atoms with van der Waals surface area (Å²) in [6.07, 6.45) is 0.935. The van der Waals surface area contributed by atoms with Crippen LogP contribution in [0.2, 0.25) is 0 Å². The van der Waals surface area contributed by atoms with Crippen molar-refractivity contribution in [2.45, 2.75) is 13.3 Å². The standard InChI is InChI=1S/C15H15NO2/c1-2-10-7-11(3-5-13(10)16)12-4-6-14-15(8-12)18-9-17-14/h3-8H,2,9,16H2,1H3. The van der Waals surface area contributed by atoms with Gasteiger partial charge in [-0.2, -0.15) is 0 Å². The summed E-state index contributed by atoms with van der Waals surface area (Å²) < 4.78 is 10.7. The van der Waals surface area contributed by atoms with Gasteiger partial charge in [-0.3, -0.25) is 0 Å². The van der Waals surface area contributed by atoms with Crippen LogP contribution in [0, 0.1) is 0 Å². The van der Waals surface area contributed by atoms with Crippen molar-refractivity contribution < 1.29 is 9.47 Å². The minimum absolute atomic E-state index is 0.306. The molecule has 0 aromatic heterocycles. The molecular formula is C15H15NO2. The third-order valence-electron chi connectivity index (χ3n) is 3.23. The first-order valence-corrected chi connectivity index (χ1v) is 6.06. The molecule has 3 nitrogen and oxygen atoms in total. The molecule has 2 aromatic carbocycles. The van der Waals surface area contributed by atoms with Crippen LogP contribution in [-0.2, 0) is 6.42 Å². The minimum Gasteiger partial charge on any atom is -0.454 e. The molecule has 1 aliphatic heterocycles. The quantitative estimate of drug-likeness (QED) is 0.821. The molecule has 18 heavy (non-hydrogen) atoms. The Labute approximate surface area is 106 Å². The Morgan fingerprint density at radius 3 is 2.56 bits per heavy atom. The van der Waals surface area contributed by atoms with Crippen LogP contribution in [0.15, 0.2) is 36.4 Å². The van der Waals surface area contributed by atoms with Crippen molar-refractivity contribution in [3.63, 3.8) is 0 Å². The number of aryl methyl sites for hydroxylation is 1. The number of hydrogen-bond acceptors (Lipinski definition) is 3. The highest BCUT2D eigenvalue weighted by Crippen LogP contribution is 2.36. The van der Waals surface area contributed by atoms with Crippen molar-refractivity contribution in [3.8, 4) is 22.6 Å². The molecule has 3 heteroatoms. The smallest absolute Gasteiger partial charge is 0.231 e. The third-order valence-corrected chi connectivity index (χ3v) is 3.23. The lowest BCUT2D eigenvalue weighted by atomic mass is 10.0. The Bertz CT molecular complexity index is 584. The second kappa shape index (κ2) is 4.26. The van der Waals surface area contributed by atoms with Crippen LogP contribution in [-0.4, -0.2) is 6.79 Å². The highest BCUT2D eigenvalue weighted by molar-refractivity contribution is 5.70.